The average molecular weight is 668 g/mol. The number of phenolic OH excluding ortho intramolecular Hbond substituents is 2. The summed E-state index contributed by atoms with van der Waals surface area (Å²) in [4.78, 5) is 65.4. The summed E-state index contributed by atoms with van der Waals surface area (Å²) in [5.74, 6) is -7.42. The summed E-state index contributed by atoms with van der Waals surface area (Å²) in [6, 6.07) is 3.38. The molecule has 2 heterocycles. The molecule has 1 saturated heterocycles. The van der Waals surface area contributed by atoms with E-state index in [2.05, 4.69) is 15.4 Å². The summed E-state index contributed by atoms with van der Waals surface area (Å²) in [7, 11) is -5.28. The highest BCUT2D eigenvalue weighted by Crippen LogP contribution is 2.38. The lowest BCUT2D eigenvalue weighted by Gasteiger charge is -2.34. The molecule has 2 aliphatic heterocycles. The molecule has 0 aliphatic carbocycles. The Morgan fingerprint density at radius 1 is 1.13 bits per heavy atom. The van der Waals surface area contributed by atoms with E-state index in [4.69, 9.17) is 16.3 Å². The van der Waals surface area contributed by atoms with Gasteiger partial charge in [0.15, 0.2) is 11.5 Å². The number of nitrogens with zero attached hydrogens (tertiary/aromatic N) is 2. The van der Waals surface area contributed by atoms with Crippen molar-refractivity contribution in [3.8, 4) is 17.2 Å². The van der Waals surface area contributed by atoms with Gasteiger partial charge in [-0.3, -0.25) is 19.3 Å². The molecule has 1 unspecified atom stereocenters. The Morgan fingerprint density at radius 2 is 1.84 bits per heavy atom. The number of halogens is 1. The Bertz CT molecular complexity index is 1680. The number of carbonyl (C=O) groups excluding carboxylic acids is 4. The fourth-order valence-electron chi connectivity index (χ4n) is 4.71. The summed E-state index contributed by atoms with van der Waals surface area (Å²) < 4.78 is 30.1. The maximum atomic E-state index is 13.6. The number of carboxylic acid groups (broad SMARTS) is 1. The van der Waals surface area contributed by atoms with Gasteiger partial charge in [0.25, 0.3) is 0 Å². The van der Waals surface area contributed by atoms with Crippen molar-refractivity contribution in [1.29, 1.82) is 0 Å². The summed E-state index contributed by atoms with van der Waals surface area (Å²) in [6.45, 7) is -0.794. The Morgan fingerprint density at radius 3 is 2.51 bits per heavy atom. The number of fused-ring (bicyclic) bond motifs is 1. The number of para-hydroxylation sites is 1. The number of benzene rings is 2. The molecule has 2 aromatic rings. The number of rotatable bonds is 9. The van der Waals surface area contributed by atoms with Crippen LogP contribution in [0.1, 0.15) is 27.5 Å². The highest BCUT2D eigenvalue weighted by Gasteiger charge is 2.41. The second-order valence-corrected chi connectivity index (χ2v) is 12.3. The van der Waals surface area contributed by atoms with E-state index in [1.807, 2.05) is 0 Å². The predicted octanol–water partition coefficient (Wildman–Crippen LogP) is -1.44. The highest BCUT2D eigenvalue weighted by molar-refractivity contribution is 7.88. The number of aromatic carboxylic acids is 1. The second kappa shape index (κ2) is 13.2. The Kier molecular flexibility index (Phi) is 9.76. The van der Waals surface area contributed by atoms with Crippen LogP contribution in [0.4, 0.5) is 4.79 Å². The highest BCUT2D eigenvalue weighted by atomic mass is 35.5. The van der Waals surface area contributed by atoms with Gasteiger partial charge in [-0.05, 0) is 24.1 Å². The molecule has 4 rings (SSSR count). The Labute approximate surface area is 260 Å². The maximum Gasteiger partial charge on any atom is 0.547 e. The number of amides is 5. The fourth-order valence-corrected chi connectivity index (χ4v) is 5.44. The van der Waals surface area contributed by atoms with Crippen molar-refractivity contribution in [2.45, 2.75) is 18.4 Å². The molecule has 0 saturated carbocycles. The van der Waals surface area contributed by atoms with Crippen LogP contribution in [0.15, 0.2) is 30.3 Å². The van der Waals surface area contributed by atoms with Crippen LogP contribution in [0.5, 0.6) is 17.2 Å². The third-order valence-corrected chi connectivity index (χ3v) is 8.07. The number of aromatic hydroxyl groups is 2. The van der Waals surface area contributed by atoms with Gasteiger partial charge in [-0.2, -0.15) is 0 Å². The van der Waals surface area contributed by atoms with Crippen molar-refractivity contribution >= 4 is 58.5 Å². The van der Waals surface area contributed by atoms with Crippen molar-refractivity contribution in [1.82, 2.24) is 25.2 Å². The molecule has 45 heavy (non-hydrogen) atoms. The normalized spacial score (nSPS) is 17.3. The third kappa shape index (κ3) is 7.39. The smallest absolute Gasteiger partial charge is 0.534 e. The molecule has 0 aromatic heterocycles. The van der Waals surface area contributed by atoms with Crippen molar-refractivity contribution < 1.29 is 57.4 Å². The van der Waals surface area contributed by atoms with Crippen molar-refractivity contribution in [3.63, 3.8) is 0 Å². The molecule has 17 nitrogen and oxygen atoms in total. The molecule has 0 radical (unpaired) electrons. The minimum absolute atomic E-state index is 0.0891. The van der Waals surface area contributed by atoms with Gasteiger partial charge in [0.2, 0.25) is 15.9 Å². The first-order valence-electron chi connectivity index (χ1n) is 13.2. The zero-order valence-electron chi connectivity index (χ0n) is 23.4. The number of urea groups is 1. The molecule has 0 bridgehead atoms. The molecule has 5 amide bonds. The SMILES string of the molecule is CS(=O)(=O)NCCN1CCN(C(=O)NC(C(=O)N[C@H]2Cc3cccc(C(=O)O)c3OB2O)c2ccc(O)c(O)c2Cl)C(=O)C1=O. The van der Waals surface area contributed by atoms with E-state index in [0.717, 1.165) is 23.3 Å². The third-order valence-electron chi connectivity index (χ3n) is 6.94. The largest absolute Gasteiger partial charge is 0.547 e. The van der Waals surface area contributed by atoms with Crippen LogP contribution in [-0.2, 0) is 30.8 Å². The molecule has 2 aromatic carbocycles. The lowest BCUT2D eigenvalue weighted by Crippen LogP contribution is -2.60. The second-order valence-electron chi connectivity index (χ2n) is 10.1. The molecule has 2 atom stereocenters. The van der Waals surface area contributed by atoms with Crippen LogP contribution >= 0.6 is 11.6 Å². The van der Waals surface area contributed by atoms with E-state index in [0.29, 0.717) is 10.5 Å². The zero-order chi connectivity index (χ0) is 33.2. The van der Waals surface area contributed by atoms with Gasteiger partial charge < -0.3 is 40.5 Å². The number of carboxylic acids is 1. The van der Waals surface area contributed by atoms with Gasteiger partial charge >= 0.3 is 30.9 Å². The van der Waals surface area contributed by atoms with Gasteiger partial charge in [-0.25, -0.2) is 22.7 Å². The number of hydrogen-bond donors (Lipinski definition) is 7. The monoisotopic (exact) mass is 667 g/mol. The Hall–Kier alpha value is -4.59. The van der Waals surface area contributed by atoms with E-state index < -0.39 is 75.4 Å². The summed E-state index contributed by atoms with van der Waals surface area (Å²) in [5, 5.41) is 44.2. The van der Waals surface area contributed by atoms with E-state index in [-0.39, 0.29) is 49.5 Å². The van der Waals surface area contributed by atoms with Gasteiger partial charge in [0, 0.05) is 31.7 Å². The lowest BCUT2D eigenvalue weighted by molar-refractivity contribution is -0.153. The minimum atomic E-state index is -3.55. The van der Waals surface area contributed by atoms with Crippen LogP contribution in [-0.4, -0.2) is 114 Å². The number of imide groups is 1. The summed E-state index contributed by atoms with van der Waals surface area (Å²) >= 11 is 6.18. The first-order chi connectivity index (χ1) is 21.1. The predicted molar refractivity (Wildman–Crippen MR) is 155 cm³/mol. The number of carbonyl (C=O) groups is 5. The molecule has 20 heteroatoms. The van der Waals surface area contributed by atoms with Gasteiger partial charge in [0.05, 0.1) is 22.8 Å². The molecular formula is C25H27BClN5O12S. The van der Waals surface area contributed by atoms with Crippen LogP contribution in [0.25, 0.3) is 0 Å². The van der Waals surface area contributed by atoms with E-state index in [1.165, 1.54) is 18.2 Å². The molecule has 240 valence electrons. The van der Waals surface area contributed by atoms with Crippen molar-refractivity contribution in [2.75, 3.05) is 32.4 Å². The molecule has 2 aliphatic rings. The average Bonchev–Trinajstić information content (AvgIpc) is 2.96. The zero-order valence-corrected chi connectivity index (χ0v) is 25.0. The number of nitrogens with one attached hydrogen (secondary N) is 3. The quantitative estimate of drug-likeness (QED) is 0.0922. The van der Waals surface area contributed by atoms with E-state index in [9.17, 15) is 52.7 Å². The van der Waals surface area contributed by atoms with Crippen LogP contribution in [0.2, 0.25) is 5.02 Å². The molecule has 7 N–H and O–H groups in total. The van der Waals surface area contributed by atoms with Crippen molar-refractivity contribution in [2.24, 2.45) is 0 Å². The minimum Gasteiger partial charge on any atom is -0.534 e. The number of phenols is 2. The van der Waals surface area contributed by atoms with Gasteiger partial charge in [0.1, 0.15) is 11.8 Å². The van der Waals surface area contributed by atoms with E-state index >= 15 is 0 Å². The standard InChI is InChI=1S/C25H27BClN5O12S/c1-45(42,43)28-7-8-31-9-10-32(23(37)22(31)36)25(40)30-18(13-5-6-15(33)19(34)17(13)27)21(35)29-16-11-12-3-2-4-14(24(38)39)20(12)44-26(16)41/h2-6,16,18,28,33-34,41H,7-11H2,1H3,(H,29,35)(H,30,40)(H,38,39)/t16-,18?/m0/s1. The fraction of sp³-hybridized carbons (Fsp3) is 0.320. The van der Waals surface area contributed by atoms with Crippen LogP contribution < -0.4 is 20.0 Å². The van der Waals surface area contributed by atoms with Crippen LogP contribution in [0.3, 0.4) is 0 Å². The van der Waals surface area contributed by atoms with Crippen LogP contribution in [0, 0.1) is 0 Å². The number of piperazine rings is 1. The topological polar surface area (TPSA) is 252 Å². The lowest BCUT2D eigenvalue weighted by atomic mass is 9.72. The van der Waals surface area contributed by atoms with Gasteiger partial charge in [-0.15, -0.1) is 0 Å². The summed E-state index contributed by atoms with van der Waals surface area (Å²) in [5.41, 5.74) is -0.0965. The maximum absolute atomic E-state index is 13.6. The van der Waals surface area contributed by atoms with Gasteiger partial charge in [-0.1, -0.05) is 29.8 Å². The molecule has 0 spiro atoms. The molecular weight excluding hydrogens is 641 g/mol. The summed E-state index contributed by atoms with van der Waals surface area (Å²) in [6.07, 6.45) is 0.826. The number of hydrogen-bond acceptors (Lipinski definition) is 11. The first kappa shape index (κ1) is 33.3. The Balaban J connectivity index is 1.54. The van der Waals surface area contributed by atoms with E-state index in [1.54, 1.807) is 0 Å². The first-order valence-corrected chi connectivity index (χ1v) is 15.4. The molecule has 1 fully saturated rings. The number of sulfonamides is 1. The van der Waals surface area contributed by atoms with Crippen molar-refractivity contribution in [3.05, 3.63) is 52.0 Å².